The van der Waals surface area contributed by atoms with Crippen LogP contribution in [0.3, 0.4) is 0 Å². The highest BCUT2D eigenvalue weighted by Gasteiger charge is 2.31. The summed E-state index contributed by atoms with van der Waals surface area (Å²) in [5.41, 5.74) is 4.45. The second-order valence-electron chi connectivity index (χ2n) is 7.38. The summed E-state index contributed by atoms with van der Waals surface area (Å²) in [5.74, 6) is 1.18. The van der Waals surface area contributed by atoms with Gasteiger partial charge in [-0.05, 0) is 30.9 Å². The lowest BCUT2D eigenvalue weighted by Crippen LogP contribution is -2.34. The van der Waals surface area contributed by atoms with Crippen molar-refractivity contribution in [3.8, 4) is 11.1 Å². The first-order valence-corrected chi connectivity index (χ1v) is 9.33. The monoisotopic (exact) mass is 364 g/mol. The molecule has 138 valence electrons. The molecule has 0 unspecified atom stereocenters. The van der Waals surface area contributed by atoms with Crippen molar-refractivity contribution in [3.05, 3.63) is 35.8 Å². The van der Waals surface area contributed by atoms with Gasteiger partial charge in [-0.15, -0.1) is 0 Å². The number of anilines is 2. The standard InChI is InChI=1S/C20H20N4O3/c25-18-7-13-5-14(10-22-20(13)23-18)15-6-17-16(21-9-15)8-19(26)24(17)11-12-1-3-27-4-2-12/h5-6,9-10,12H,1-4,7-8,11H2,(H,22,23,25). The normalized spacial score (nSPS) is 19.2. The van der Waals surface area contributed by atoms with Gasteiger partial charge in [0.2, 0.25) is 11.8 Å². The van der Waals surface area contributed by atoms with Crippen LogP contribution in [0.1, 0.15) is 24.1 Å². The number of nitrogens with one attached hydrogen (secondary N) is 1. The maximum Gasteiger partial charge on any atom is 0.233 e. The fraction of sp³-hybridized carbons (Fsp3) is 0.400. The average Bonchev–Trinajstić information content (AvgIpc) is 3.20. The van der Waals surface area contributed by atoms with Crippen molar-refractivity contribution in [1.29, 1.82) is 0 Å². The van der Waals surface area contributed by atoms with Gasteiger partial charge in [-0.25, -0.2) is 4.98 Å². The van der Waals surface area contributed by atoms with Crippen LogP contribution in [0, 0.1) is 5.92 Å². The summed E-state index contributed by atoms with van der Waals surface area (Å²) in [4.78, 5) is 34.9. The Kier molecular flexibility index (Phi) is 3.89. The minimum Gasteiger partial charge on any atom is -0.381 e. The summed E-state index contributed by atoms with van der Waals surface area (Å²) in [7, 11) is 0. The van der Waals surface area contributed by atoms with Crippen LogP contribution in [0.15, 0.2) is 24.5 Å². The molecule has 27 heavy (non-hydrogen) atoms. The first-order valence-electron chi connectivity index (χ1n) is 9.33. The molecule has 0 atom stereocenters. The zero-order valence-corrected chi connectivity index (χ0v) is 14.9. The highest BCUT2D eigenvalue weighted by Crippen LogP contribution is 2.34. The number of hydrogen-bond donors (Lipinski definition) is 1. The SMILES string of the molecule is O=C1Cc2cc(-c3cnc4c(c3)N(CC3CCOCC3)C(=O)C4)cnc2N1. The zero-order valence-electron chi connectivity index (χ0n) is 14.9. The highest BCUT2D eigenvalue weighted by atomic mass is 16.5. The van der Waals surface area contributed by atoms with Gasteiger partial charge < -0.3 is 15.0 Å². The van der Waals surface area contributed by atoms with Gasteiger partial charge in [0.25, 0.3) is 0 Å². The summed E-state index contributed by atoms with van der Waals surface area (Å²) in [6.07, 6.45) is 6.22. The lowest BCUT2D eigenvalue weighted by molar-refractivity contribution is -0.117. The average molecular weight is 364 g/mol. The van der Waals surface area contributed by atoms with Crippen molar-refractivity contribution in [3.63, 3.8) is 0 Å². The number of carbonyl (C=O) groups is 2. The first kappa shape index (κ1) is 16.4. The van der Waals surface area contributed by atoms with E-state index in [1.165, 1.54) is 0 Å². The van der Waals surface area contributed by atoms with Crippen LogP contribution >= 0.6 is 0 Å². The minimum absolute atomic E-state index is 0.0324. The van der Waals surface area contributed by atoms with E-state index >= 15 is 0 Å². The highest BCUT2D eigenvalue weighted by molar-refractivity contribution is 6.01. The van der Waals surface area contributed by atoms with Gasteiger partial charge in [-0.3, -0.25) is 14.6 Å². The second-order valence-corrected chi connectivity index (χ2v) is 7.38. The Labute approximate surface area is 156 Å². The van der Waals surface area contributed by atoms with Crippen molar-refractivity contribution in [1.82, 2.24) is 9.97 Å². The van der Waals surface area contributed by atoms with Crippen LogP contribution in [-0.2, 0) is 27.2 Å². The molecule has 7 nitrogen and oxygen atoms in total. The molecule has 1 N–H and O–H groups in total. The van der Waals surface area contributed by atoms with Gasteiger partial charge in [0.1, 0.15) is 5.82 Å². The van der Waals surface area contributed by atoms with E-state index in [1.54, 1.807) is 12.4 Å². The molecule has 5 heterocycles. The molecule has 7 heteroatoms. The molecule has 2 amide bonds. The van der Waals surface area contributed by atoms with Gasteiger partial charge in [0, 0.05) is 48.8 Å². The lowest BCUT2D eigenvalue weighted by Gasteiger charge is -2.27. The van der Waals surface area contributed by atoms with E-state index in [4.69, 9.17) is 4.74 Å². The van der Waals surface area contributed by atoms with Gasteiger partial charge in [0.15, 0.2) is 0 Å². The van der Waals surface area contributed by atoms with Crippen LogP contribution in [0.4, 0.5) is 11.5 Å². The van der Waals surface area contributed by atoms with Crippen LogP contribution in [-0.4, -0.2) is 41.5 Å². The van der Waals surface area contributed by atoms with Crippen molar-refractivity contribution < 1.29 is 14.3 Å². The number of fused-ring (bicyclic) bond motifs is 2. The van der Waals surface area contributed by atoms with Crippen molar-refractivity contribution >= 4 is 23.3 Å². The van der Waals surface area contributed by atoms with E-state index in [0.717, 1.165) is 60.7 Å². The molecule has 0 radical (unpaired) electrons. The zero-order chi connectivity index (χ0) is 18.4. The molecule has 0 aromatic carbocycles. The molecular formula is C20H20N4O3. The smallest absolute Gasteiger partial charge is 0.233 e. The summed E-state index contributed by atoms with van der Waals surface area (Å²) >= 11 is 0. The van der Waals surface area contributed by atoms with Gasteiger partial charge in [-0.1, -0.05) is 0 Å². The predicted molar refractivity (Wildman–Crippen MR) is 99.4 cm³/mol. The fourth-order valence-electron chi connectivity index (χ4n) is 4.03. The molecule has 5 rings (SSSR count). The molecule has 0 spiro atoms. The Bertz CT molecular complexity index is 937. The largest absolute Gasteiger partial charge is 0.381 e. The maximum atomic E-state index is 12.5. The van der Waals surface area contributed by atoms with E-state index in [2.05, 4.69) is 15.3 Å². The Hall–Kier alpha value is -2.80. The Morgan fingerprint density at radius 2 is 1.85 bits per heavy atom. The van der Waals surface area contributed by atoms with E-state index in [0.29, 0.717) is 24.6 Å². The van der Waals surface area contributed by atoms with Gasteiger partial charge in [0.05, 0.1) is 24.2 Å². The number of carbonyl (C=O) groups excluding carboxylic acids is 2. The number of amides is 2. The minimum atomic E-state index is -0.0324. The number of rotatable bonds is 3. The van der Waals surface area contributed by atoms with Crippen molar-refractivity contribution in [2.45, 2.75) is 25.7 Å². The Morgan fingerprint density at radius 1 is 1.07 bits per heavy atom. The number of aromatic nitrogens is 2. The first-order chi connectivity index (χ1) is 13.2. The lowest BCUT2D eigenvalue weighted by atomic mass is 9.99. The molecule has 0 bridgehead atoms. The van der Waals surface area contributed by atoms with E-state index < -0.39 is 0 Å². The molecular weight excluding hydrogens is 344 g/mol. The molecule has 2 aromatic heterocycles. The second kappa shape index (κ2) is 6.42. The van der Waals surface area contributed by atoms with E-state index in [9.17, 15) is 9.59 Å². The summed E-state index contributed by atoms with van der Waals surface area (Å²) < 4.78 is 5.43. The molecule has 0 saturated carbocycles. The van der Waals surface area contributed by atoms with Crippen LogP contribution in [0.25, 0.3) is 11.1 Å². The third-order valence-corrected chi connectivity index (χ3v) is 5.55. The number of hydrogen-bond acceptors (Lipinski definition) is 5. The van der Waals surface area contributed by atoms with Crippen molar-refractivity contribution in [2.24, 2.45) is 5.92 Å². The summed E-state index contributed by atoms with van der Waals surface area (Å²) in [6, 6.07) is 4.00. The molecule has 1 saturated heterocycles. The molecule has 3 aliphatic rings. The number of nitrogens with zero attached hydrogens (tertiary/aromatic N) is 3. The fourth-order valence-corrected chi connectivity index (χ4v) is 4.03. The predicted octanol–water partition coefficient (Wildman–Crippen LogP) is 1.95. The number of ether oxygens (including phenoxy) is 1. The third-order valence-electron chi connectivity index (χ3n) is 5.55. The topological polar surface area (TPSA) is 84.4 Å². The Balaban J connectivity index is 1.45. The van der Waals surface area contributed by atoms with Crippen molar-refractivity contribution in [2.75, 3.05) is 30.0 Å². The van der Waals surface area contributed by atoms with E-state index in [-0.39, 0.29) is 11.8 Å². The van der Waals surface area contributed by atoms with Gasteiger partial charge >= 0.3 is 0 Å². The molecule has 2 aromatic rings. The molecule has 1 fully saturated rings. The third kappa shape index (κ3) is 2.98. The van der Waals surface area contributed by atoms with Crippen LogP contribution < -0.4 is 10.2 Å². The molecule has 3 aliphatic heterocycles. The van der Waals surface area contributed by atoms with E-state index in [1.807, 2.05) is 17.0 Å². The van der Waals surface area contributed by atoms with Crippen LogP contribution in [0.5, 0.6) is 0 Å². The summed E-state index contributed by atoms with van der Waals surface area (Å²) in [6.45, 7) is 2.26. The molecule has 0 aliphatic carbocycles. The number of pyridine rings is 2. The quantitative estimate of drug-likeness (QED) is 0.900. The summed E-state index contributed by atoms with van der Waals surface area (Å²) in [5, 5.41) is 2.75. The maximum absolute atomic E-state index is 12.5. The Morgan fingerprint density at radius 3 is 2.70 bits per heavy atom. The van der Waals surface area contributed by atoms with Gasteiger partial charge in [-0.2, -0.15) is 0 Å². The van der Waals surface area contributed by atoms with Crippen LogP contribution in [0.2, 0.25) is 0 Å².